The van der Waals surface area contributed by atoms with Crippen molar-refractivity contribution in [2.75, 3.05) is 13.1 Å². The molecule has 12 heteroatoms. The first-order valence-corrected chi connectivity index (χ1v) is 10.3. The van der Waals surface area contributed by atoms with E-state index in [-0.39, 0.29) is 17.4 Å². The molecular formula is C21H24F3N5O4. The third-order valence-corrected chi connectivity index (χ3v) is 6.03. The fourth-order valence-corrected chi connectivity index (χ4v) is 4.19. The van der Waals surface area contributed by atoms with Crippen LogP contribution in [0.5, 0.6) is 0 Å². The van der Waals surface area contributed by atoms with Crippen LogP contribution in [0.25, 0.3) is 0 Å². The maximum atomic E-state index is 12.7. The van der Waals surface area contributed by atoms with Gasteiger partial charge in [-0.15, -0.1) is 0 Å². The Hall–Kier alpha value is -3.44. The van der Waals surface area contributed by atoms with Gasteiger partial charge in [0.25, 0.3) is 5.91 Å². The Morgan fingerprint density at radius 1 is 1.09 bits per heavy atom. The van der Waals surface area contributed by atoms with Gasteiger partial charge in [-0.05, 0) is 43.0 Å². The molecular weight excluding hydrogens is 443 g/mol. The van der Waals surface area contributed by atoms with Crippen LogP contribution in [0.2, 0.25) is 0 Å². The molecule has 2 saturated heterocycles. The zero-order valence-corrected chi connectivity index (χ0v) is 18.0. The van der Waals surface area contributed by atoms with Crippen molar-refractivity contribution in [3.63, 3.8) is 0 Å². The fraction of sp³-hybridized carbons (Fsp3) is 0.476. The maximum Gasteiger partial charge on any atom is 0.490 e. The highest BCUT2D eigenvalue weighted by Crippen LogP contribution is 2.40. The van der Waals surface area contributed by atoms with Crippen molar-refractivity contribution in [3.8, 4) is 0 Å². The molecule has 0 aliphatic carbocycles. The van der Waals surface area contributed by atoms with Crippen LogP contribution >= 0.6 is 0 Å². The number of likely N-dealkylation sites (tertiary alicyclic amines) is 2. The minimum atomic E-state index is -5.08. The van der Waals surface area contributed by atoms with E-state index in [0.717, 1.165) is 24.8 Å². The lowest BCUT2D eigenvalue weighted by molar-refractivity contribution is -0.192. The van der Waals surface area contributed by atoms with Gasteiger partial charge in [0, 0.05) is 57.2 Å². The zero-order chi connectivity index (χ0) is 24.2. The lowest BCUT2D eigenvalue weighted by Gasteiger charge is -2.45. The average molecular weight is 467 g/mol. The number of hydrogen-bond acceptors (Lipinski definition) is 5. The molecule has 1 spiro atoms. The Morgan fingerprint density at radius 2 is 1.70 bits per heavy atom. The van der Waals surface area contributed by atoms with E-state index < -0.39 is 12.1 Å². The summed E-state index contributed by atoms with van der Waals surface area (Å²) >= 11 is 0. The molecule has 0 saturated carbocycles. The summed E-state index contributed by atoms with van der Waals surface area (Å²) in [6.07, 6.45) is 3.21. The summed E-state index contributed by atoms with van der Waals surface area (Å²) in [5.41, 5.74) is 1.59. The van der Waals surface area contributed by atoms with Crippen LogP contribution in [-0.2, 0) is 23.2 Å². The molecule has 4 heterocycles. The molecule has 178 valence electrons. The predicted octanol–water partition coefficient (Wildman–Crippen LogP) is 2.25. The fourth-order valence-electron chi connectivity index (χ4n) is 4.19. The van der Waals surface area contributed by atoms with Crippen molar-refractivity contribution in [1.82, 2.24) is 24.6 Å². The standard InChI is InChI=1S/C19H23N5O2.C2HF3O2/c1-22-16(5-11-21-22)18(26)23-12-7-19(8-13-23)6-2-17(25)24(19)14-15-3-9-20-10-4-15;3-2(4,5)1(6)7/h3-5,9-11H,2,6-8,12-14H2,1H3;(H,6,7). The number of aromatic nitrogens is 3. The van der Waals surface area contributed by atoms with Crippen LogP contribution in [0.4, 0.5) is 13.2 Å². The Balaban J connectivity index is 0.000000383. The summed E-state index contributed by atoms with van der Waals surface area (Å²) < 4.78 is 33.3. The number of pyridine rings is 1. The summed E-state index contributed by atoms with van der Waals surface area (Å²) in [4.78, 5) is 42.1. The summed E-state index contributed by atoms with van der Waals surface area (Å²) in [6.45, 7) is 1.96. The highest BCUT2D eigenvalue weighted by atomic mass is 19.4. The molecule has 2 aliphatic rings. The summed E-state index contributed by atoms with van der Waals surface area (Å²) in [5, 5.41) is 11.2. The number of carbonyl (C=O) groups is 3. The van der Waals surface area contributed by atoms with E-state index in [9.17, 15) is 22.8 Å². The molecule has 4 rings (SSSR count). The number of carboxylic acid groups (broad SMARTS) is 1. The van der Waals surface area contributed by atoms with Crippen molar-refractivity contribution in [1.29, 1.82) is 0 Å². The van der Waals surface area contributed by atoms with E-state index in [2.05, 4.69) is 10.1 Å². The zero-order valence-electron chi connectivity index (χ0n) is 18.0. The van der Waals surface area contributed by atoms with Gasteiger partial charge in [0.1, 0.15) is 5.69 Å². The average Bonchev–Trinajstić information content (AvgIpc) is 3.33. The monoisotopic (exact) mass is 467 g/mol. The van der Waals surface area contributed by atoms with Crippen molar-refractivity contribution in [2.24, 2.45) is 7.05 Å². The number of carboxylic acids is 1. The second kappa shape index (κ2) is 9.59. The Labute approximate surface area is 187 Å². The van der Waals surface area contributed by atoms with Crippen LogP contribution in [-0.4, -0.2) is 72.3 Å². The second-order valence-electron chi connectivity index (χ2n) is 7.99. The Morgan fingerprint density at radius 3 is 2.21 bits per heavy atom. The summed E-state index contributed by atoms with van der Waals surface area (Å²) in [7, 11) is 1.78. The molecule has 1 N–H and O–H groups in total. The van der Waals surface area contributed by atoms with Crippen molar-refractivity contribution in [2.45, 2.75) is 43.9 Å². The predicted molar refractivity (Wildman–Crippen MR) is 109 cm³/mol. The molecule has 9 nitrogen and oxygen atoms in total. The minimum Gasteiger partial charge on any atom is -0.475 e. The van der Waals surface area contributed by atoms with E-state index in [1.807, 2.05) is 21.9 Å². The molecule has 0 bridgehead atoms. The molecule has 2 amide bonds. The number of amides is 2. The van der Waals surface area contributed by atoms with E-state index in [0.29, 0.717) is 31.7 Å². The number of piperidine rings is 1. The lowest BCUT2D eigenvalue weighted by Crippen LogP contribution is -2.54. The molecule has 2 fully saturated rings. The number of nitrogens with zero attached hydrogens (tertiary/aromatic N) is 5. The maximum absolute atomic E-state index is 12.7. The molecule has 0 radical (unpaired) electrons. The molecule has 2 aliphatic heterocycles. The molecule has 0 aromatic carbocycles. The Kier molecular flexibility index (Phi) is 7.04. The third-order valence-electron chi connectivity index (χ3n) is 6.03. The van der Waals surface area contributed by atoms with E-state index >= 15 is 0 Å². The van der Waals surface area contributed by atoms with Gasteiger partial charge in [0.2, 0.25) is 5.91 Å². The number of aryl methyl sites for hydroxylation is 1. The van der Waals surface area contributed by atoms with Crippen LogP contribution in [0.1, 0.15) is 41.7 Å². The van der Waals surface area contributed by atoms with Crippen molar-refractivity contribution < 1.29 is 32.7 Å². The number of carbonyl (C=O) groups excluding carboxylic acids is 2. The van der Waals surface area contributed by atoms with Crippen LogP contribution < -0.4 is 0 Å². The number of aliphatic carboxylic acids is 1. The summed E-state index contributed by atoms with van der Waals surface area (Å²) in [6, 6.07) is 5.67. The first kappa shape index (κ1) is 24.2. The van der Waals surface area contributed by atoms with Crippen LogP contribution in [0, 0.1) is 0 Å². The first-order valence-electron chi connectivity index (χ1n) is 10.3. The van der Waals surface area contributed by atoms with Crippen LogP contribution in [0.3, 0.4) is 0 Å². The largest absolute Gasteiger partial charge is 0.490 e. The minimum absolute atomic E-state index is 0.0184. The lowest BCUT2D eigenvalue weighted by atomic mass is 9.84. The van der Waals surface area contributed by atoms with Gasteiger partial charge in [-0.1, -0.05) is 0 Å². The number of alkyl halides is 3. The molecule has 33 heavy (non-hydrogen) atoms. The summed E-state index contributed by atoms with van der Waals surface area (Å²) in [5.74, 6) is -2.52. The van der Waals surface area contributed by atoms with Gasteiger partial charge >= 0.3 is 12.1 Å². The SMILES string of the molecule is Cn1nccc1C(=O)N1CCC2(CCC(=O)N2Cc2ccncc2)CC1.O=C(O)C(F)(F)F. The third kappa shape index (κ3) is 5.49. The van der Waals surface area contributed by atoms with E-state index in [1.165, 1.54) is 0 Å². The number of rotatable bonds is 3. The Bertz CT molecular complexity index is 1000. The van der Waals surface area contributed by atoms with Gasteiger partial charge in [0.15, 0.2) is 0 Å². The van der Waals surface area contributed by atoms with Crippen molar-refractivity contribution >= 4 is 17.8 Å². The highest BCUT2D eigenvalue weighted by molar-refractivity contribution is 5.92. The second-order valence-corrected chi connectivity index (χ2v) is 7.99. The van der Waals surface area contributed by atoms with E-state index in [1.54, 1.807) is 36.4 Å². The van der Waals surface area contributed by atoms with Crippen molar-refractivity contribution in [3.05, 3.63) is 48.0 Å². The quantitative estimate of drug-likeness (QED) is 0.742. The highest BCUT2D eigenvalue weighted by Gasteiger charge is 2.47. The smallest absolute Gasteiger partial charge is 0.475 e. The molecule has 2 aromatic heterocycles. The number of halogens is 3. The topological polar surface area (TPSA) is 109 Å². The first-order chi connectivity index (χ1) is 15.5. The van der Waals surface area contributed by atoms with Gasteiger partial charge in [-0.2, -0.15) is 18.3 Å². The molecule has 2 aromatic rings. The van der Waals surface area contributed by atoms with Gasteiger partial charge in [0.05, 0.1) is 0 Å². The molecule has 0 unspecified atom stereocenters. The number of hydrogen-bond donors (Lipinski definition) is 1. The van der Waals surface area contributed by atoms with Gasteiger partial charge in [-0.3, -0.25) is 19.3 Å². The van der Waals surface area contributed by atoms with Crippen LogP contribution in [0.15, 0.2) is 36.8 Å². The van der Waals surface area contributed by atoms with Gasteiger partial charge in [-0.25, -0.2) is 4.79 Å². The van der Waals surface area contributed by atoms with E-state index in [4.69, 9.17) is 9.90 Å². The molecule has 0 atom stereocenters. The normalized spacial score (nSPS) is 17.6. The van der Waals surface area contributed by atoms with Gasteiger partial charge < -0.3 is 14.9 Å².